The predicted octanol–water partition coefficient (Wildman–Crippen LogP) is 3.55. The zero-order valence-electron chi connectivity index (χ0n) is 8.88. The Balaban J connectivity index is 2.13. The first-order chi connectivity index (χ1) is 8.65. The molecule has 2 aromatic heterocycles. The standard InChI is InChI=1S/C12H6BrNO4/c13-7-2-1-3-9-6(7)4-10(17-9)11-5-8(12(15)16)14-18-11/h1-5H,(H,15,16). The van der Waals surface area contributed by atoms with Crippen LogP contribution in [0.15, 0.2) is 43.7 Å². The van der Waals surface area contributed by atoms with Gasteiger partial charge in [-0.1, -0.05) is 27.2 Å². The Labute approximate surface area is 109 Å². The fourth-order valence-corrected chi connectivity index (χ4v) is 2.10. The van der Waals surface area contributed by atoms with E-state index in [-0.39, 0.29) is 11.5 Å². The molecule has 5 nitrogen and oxygen atoms in total. The number of carboxylic acids is 1. The van der Waals surface area contributed by atoms with E-state index >= 15 is 0 Å². The molecular weight excluding hydrogens is 302 g/mol. The predicted molar refractivity (Wildman–Crippen MR) is 66.4 cm³/mol. The molecule has 0 fully saturated rings. The van der Waals surface area contributed by atoms with E-state index in [4.69, 9.17) is 14.0 Å². The van der Waals surface area contributed by atoms with Gasteiger partial charge >= 0.3 is 5.97 Å². The first-order valence-corrected chi connectivity index (χ1v) is 5.83. The molecule has 0 amide bonds. The normalized spacial score (nSPS) is 10.9. The van der Waals surface area contributed by atoms with Crippen LogP contribution in [-0.2, 0) is 0 Å². The molecule has 0 spiro atoms. The van der Waals surface area contributed by atoms with Crippen molar-refractivity contribution in [3.8, 4) is 11.5 Å². The van der Waals surface area contributed by atoms with Gasteiger partial charge in [0.15, 0.2) is 11.5 Å². The van der Waals surface area contributed by atoms with Gasteiger partial charge in [0.25, 0.3) is 0 Å². The maximum Gasteiger partial charge on any atom is 0.358 e. The first kappa shape index (κ1) is 11.0. The molecular formula is C12H6BrNO4. The van der Waals surface area contributed by atoms with Gasteiger partial charge in [-0.2, -0.15) is 0 Å². The number of fused-ring (bicyclic) bond motifs is 1. The van der Waals surface area contributed by atoms with Gasteiger partial charge in [-0.25, -0.2) is 4.79 Å². The highest BCUT2D eigenvalue weighted by atomic mass is 79.9. The second kappa shape index (κ2) is 3.99. The van der Waals surface area contributed by atoms with Gasteiger partial charge in [0, 0.05) is 15.9 Å². The van der Waals surface area contributed by atoms with E-state index in [1.807, 2.05) is 18.2 Å². The van der Waals surface area contributed by atoms with Crippen LogP contribution in [-0.4, -0.2) is 16.2 Å². The lowest BCUT2D eigenvalue weighted by Crippen LogP contribution is -1.94. The summed E-state index contributed by atoms with van der Waals surface area (Å²) in [5.41, 5.74) is 0.539. The summed E-state index contributed by atoms with van der Waals surface area (Å²) in [5.74, 6) is -0.408. The Bertz CT molecular complexity index is 743. The molecule has 0 saturated carbocycles. The average molecular weight is 308 g/mol. The van der Waals surface area contributed by atoms with Gasteiger partial charge in [0.1, 0.15) is 5.58 Å². The molecule has 6 heteroatoms. The fourth-order valence-electron chi connectivity index (χ4n) is 1.64. The maximum atomic E-state index is 10.7. The van der Waals surface area contributed by atoms with Gasteiger partial charge in [0.2, 0.25) is 5.76 Å². The van der Waals surface area contributed by atoms with Gasteiger partial charge in [-0.05, 0) is 18.2 Å². The second-order valence-electron chi connectivity index (χ2n) is 3.64. The van der Waals surface area contributed by atoms with Crippen LogP contribution in [0.1, 0.15) is 10.5 Å². The van der Waals surface area contributed by atoms with Crippen molar-refractivity contribution in [3.63, 3.8) is 0 Å². The quantitative estimate of drug-likeness (QED) is 0.783. The molecule has 0 bridgehead atoms. The van der Waals surface area contributed by atoms with Gasteiger partial charge < -0.3 is 14.0 Å². The highest BCUT2D eigenvalue weighted by Crippen LogP contribution is 2.32. The third kappa shape index (κ3) is 1.70. The second-order valence-corrected chi connectivity index (χ2v) is 4.50. The van der Waals surface area contributed by atoms with Crippen LogP contribution < -0.4 is 0 Å². The lowest BCUT2D eigenvalue weighted by molar-refractivity contribution is 0.0686. The molecule has 0 aliphatic rings. The van der Waals surface area contributed by atoms with Crippen LogP contribution in [0.25, 0.3) is 22.5 Å². The summed E-state index contributed by atoms with van der Waals surface area (Å²) in [4.78, 5) is 10.7. The number of aromatic carboxylic acids is 1. The van der Waals surface area contributed by atoms with Crippen molar-refractivity contribution in [2.75, 3.05) is 0 Å². The third-order valence-corrected chi connectivity index (χ3v) is 3.17. The van der Waals surface area contributed by atoms with Crippen molar-refractivity contribution in [1.29, 1.82) is 0 Å². The van der Waals surface area contributed by atoms with E-state index in [9.17, 15) is 4.79 Å². The molecule has 90 valence electrons. The molecule has 0 aliphatic heterocycles. The molecule has 0 radical (unpaired) electrons. The van der Waals surface area contributed by atoms with E-state index in [0.717, 1.165) is 9.86 Å². The van der Waals surface area contributed by atoms with Crippen LogP contribution in [0.4, 0.5) is 0 Å². The summed E-state index contributed by atoms with van der Waals surface area (Å²) in [7, 11) is 0. The molecule has 0 atom stereocenters. The van der Waals surface area contributed by atoms with Gasteiger partial charge in [-0.3, -0.25) is 0 Å². The highest BCUT2D eigenvalue weighted by Gasteiger charge is 2.16. The van der Waals surface area contributed by atoms with Crippen LogP contribution in [0, 0.1) is 0 Å². The third-order valence-electron chi connectivity index (χ3n) is 2.48. The number of halogens is 1. The number of nitrogens with zero attached hydrogens (tertiary/aromatic N) is 1. The Hall–Kier alpha value is -2.08. The average Bonchev–Trinajstić information content (AvgIpc) is 2.95. The highest BCUT2D eigenvalue weighted by molar-refractivity contribution is 9.10. The molecule has 1 aromatic carbocycles. The summed E-state index contributed by atoms with van der Waals surface area (Å²) in [5, 5.41) is 13.1. The number of carboxylic acid groups (broad SMARTS) is 1. The SMILES string of the molecule is O=C(O)c1cc(-c2cc3c(Br)cccc3o2)on1. The maximum absolute atomic E-state index is 10.7. The molecule has 3 rings (SSSR count). The minimum absolute atomic E-state index is 0.149. The molecule has 0 aliphatic carbocycles. The van der Waals surface area contributed by atoms with Crippen molar-refractivity contribution >= 4 is 32.9 Å². The summed E-state index contributed by atoms with van der Waals surface area (Å²) in [6.45, 7) is 0. The van der Waals surface area contributed by atoms with Crippen molar-refractivity contribution in [1.82, 2.24) is 5.16 Å². The summed E-state index contributed by atoms with van der Waals surface area (Å²) in [6, 6.07) is 8.66. The van der Waals surface area contributed by atoms with Crippen molar-refractivity contribution in [2.45, 2.75) is 0 Å². The zero-order chi connectivity index (χ0) is 12.7. The first-order valence-electron chi connectivity index (χ1n) is 5.03. The Kier molecular flexibility index (Phi) is 2.45. The minimum atomic E-state index is -1.14. The van der Waals surface area contributed by atoms with Crippen molar-refractivity contribution in [2.24, 2.45) is 0 Å². The lowest BCUT2D eigenvalue weighted by atomic mass is 10.2. The topological polar surface area (TPSA) is 76.5 Å². The summed E-state index contributed by atoms with van der Waals surface area (Å²) < 4.78 is 11.4. The van der Waals surface area contributed by atoms with E-state index in [2.05, 4.69) is 21.1 Å². The summed E-state index contributed by atoms with van der Waals surface area (Å²) in [6.07, 6.45) is 0. The molecule has 0 unspecified atom stereocenters. The molecule has 2 heterocycles. The van der Waals surface area contributed by atoms with Gasteiger partial charge in [0.05, 0.1) is 0 Å². The number of furan rings is 1. The molecule has 0 saturated heterocycles. The number of aromatic nitrogens is 1. The summed E-state index contributed by atoms with van der Waals surface area (Å²) >= 11 is 3.41. The Morgan fingerprint density at radius 1 is 1.28 bits per heavy atom. The Morgan fingerprint density at radius 2 is 2.11 bits per heavy atom. The smallest absolute Gasteiger partial charge is 0.358 e. The van der Waals surface area contributed by atoms with Crippen molar-refractivity contribution in [3.05, 3.63) is 40.5 Å². The number of carbonyl (C=O) groups is 1. The van der Waals surface area contributed by atoms with Crippen LogP contribution in [0.2, 0.25) is 0 Å². The number of rotatable bonds is 2. The van der Waals surface area contributed by atoms with Crippen molar-refractivity contribution < 1.29 is 18.8 Å². The molecule has 18 heavy (non-hydrogen) atoms. The lowest BCUT2D eigenvalue weighted by Gasteiger charge is -1.88. The molecule has 1 N–H and O–H groups in total. The Morgan fingerprint density at radius 3 is 2.78 bits per heavy atom. The van der Waals surface area contributed by atoms with Crippen LogP contribution in [0.5, 0.6) is 0 Å². The monoisotopic (exact) mass is 307 g/mol. The zero-order valence-corrected chi connectivity index (χ0v) is 10.5. The van der Waals surface area contributed by atoms with Gasteiger partial charge in [-0.15, -0.1) is 0 Å². The molecule has 3 aromatic rings. The van der Waals surface area contributed by atoms with E-state index in [0.29, 0.717) is 11.3 Å². The minimum Gasteiger partial charge on any atom is -0.476 e. The van der Waals surface area contributed by atoms with E-state index < -0.39 is 5.97 Å². The largest absolute Gasteiger partial charge is 0.476 e. The number of hydrogen-bond acceptors (Lipinski definition) is 4. The fraction of sp³-hybridized carbons (Fsp3) is 0. The number of benzene rings is 1. The van der Waals surface area contributed by atoms with Crippen LogP contribution >= 0.6 is 15.9 Å². The van der Waals surface area contributed by atoms with E-state index in [1.165, 1.54) is 6.07 Å². The number of hydrogen-bond donors (Lipinski definition) is 1. The van der Waals surface area contributed by atoms with Crippen LogP contribution in [0.3, 0.4) is 0 Å². The van der Waals surface area contributed by atoms with E-state index in [1.54, 1.807) is 6.07 Å².